The van der Waals surface area contributed by atoms with Gasteiger partial charge in [-0.15, -0.1) is 0 Å². The fraction of sp³-hybridized carbons (Fsp3) is 0.348. The van der Waals surface area contributed by atoms with E-state index in [4.69, 9.17) is 9.47 Å². The van der Waals surface area contributed by atoms with Gasteiger partial charge in [0.1, 0.15) is 6.61 Å². The topological polar surface area (TPSA) is 35.5 Å². The second kappa shape index (κ2) is 7.67. The Morgan fingerprint density at radius 1 is 1.07 bits per heavy atom. The van der Waals surface area contributed by atoms with Crippen LogP contribution in [0.5, 0.6) is 0 Å². The van der Waals surface area contributed by atoms with Crippen molar-refractivity contribution in [3.05, 3.63) is 83.4 Å². The number of alkyl halides is 3. The van der Waals surface area contributed by atoms with Crippen LogP contribution in [0.4, 0.5) is 13.2 Å². The first-order valence-corrected chi connectivity index (χ1v) is 9.32. The maximum Gasteiger partial charge on any atom is 0.432 e. The van der Waals surface area contributed by atoms with Crippen molar-refractivity contribution in [2.24, 2.45) is 5.92 Å². The zero-order valence-corrected chi connectivity index (χ0v) is 16.5. The first-order chi connectivity index (χ1) is 13.8. The molecule has 1 aliphatic carbocycles. The molecule has 0 aromatic heterocycles. The molecule has 3 rings (SSSR count). The largest absolute Gasteiger partial charge is 0.462 e. The monoisotopic (exact) mass is 404 g/mol. The summed E-state index contributed by atoms with van der Waals surface area (Å²) in [5.74, 6) is -1.41. The van der Waals surface area contributed by atoms with E-state index in [1.165, 1.54) is 24.3 Å². The minimum atomic E-state index is -4.99. The van der Waals surface area contributed by atoms with Crippen LogP contribution < -0.4 is 0 Å². The molecule has 1 saturated carbocycles. The van der Waals surface area contributed by atoms with E-state index in [9.17, 15) is 18.0 Å². The van der Waals surface area contributed by atoms with Crippen LogP contribution in [0.25, 0.3) is 0 Å². The maximum absolute atomic E-state index is 14.1. The SMILES string of the molecule is C/C=C1/[C@H](C)[C@@]1(COC(=O)[C@](OC)(c1ccccc1)C(F)(F)F)c1ccccc1. The first kappa shape index (κ1) is 21.1. The molecule has 0 amide bonds. The second-order valence-corrected chi connectivity index (χ2v) is 7.13. The van der Waals surface area contributed by atoms with E-state index in [-0.39, 0.29) is 18.1 Å². The molecule has 0 heterocycles. The highest BCUT2D eigenvalue weighted by Gasteiger charge is 2.65. The third-order valence-electron chi connectivity index (χ3n) is 5.84. The van der Waals surface area contributed by atoms with Gasteiger partial charge >= 0.3 is 12.1 Å². The molecule has 0 N–H and O–H groups in total. The normalized spacial score (nSPS) is 24.8. The number of hydrogen-bond donors (Lipinski definition) is 0. The van der Waals surface area contributed by atoms with Crippen molar-refractivity contribution in [1.82, 2.24) is 0 Å². The number of carbonyl (C=O) groups is 1. The van der Waals surface area contributed by atoms with Gasteiger partial charge in [0.15, 0.2) is 0 Å². The molecule has 29 heavy (non-hydrogen) atoms. The highest BCUT2D eigenvalue weighted by Crippen LogP contribution is 2.59. The van der Waals surface area contributed by atoms with Crippen molar-refractivity contribution >= 4 is 5.97 Å². The standard InChI is InChI=1S/C23H23F3O3/c1-4-19-16(2)21(19,17-11-7-5-8-12-17)15-29-20(27)22(28-3,23(24,25)26)18-13-9-6-10-14-18/h4-14,16H,15H2,1-3H3/b19-4-/t16-,21-,22+/m0/s1. The zero-order valence-electron chi connectivity index (χ0n) is 16.5. The maximum atomic E-state index is 14.1. The number of benzene rings is 2. The summed E-state index contributed by atoms with van der Waals surface area (Å²) in [7, 11) is 0.867. The summed E-state index contributed by atoms with van der Waals surface area (Å²) in [5, 5.41) is 0. The van der Waals surface area contributed by atoms with E-state index in [2.05, 4.69) is 0 Å². The third-order valence-corrected chi connectivity index (χ3v) is 5.84. The van der Waals surface area contributed by atoms with Crippen LogP contribution in [0, 0.1) is 5.92 Å². The lowest BCUT2D eigenvalue weighted by molar-refractivity contribution is -0.276. The van der Waals surface area contributed by atoms with Crippen LogP contribution in [0.1, 0.15) is 25.0 Å². The molecule has 0 radical (unpaired) electrons. The van der Waals surface area contributed by atoms with Crippen molar-refractivity contribution in [1.29, 1.82) is 0 Å². The van der Waals surface area contributed by atoms with Crippen molar-refractivity contribution in [2.45, 2.75) is 31.0 Å². The molecule has 1 aliphatic rings. The summed E-state index contributed by atoms with van der Waals surface area (Å²) in [6, 6.07) is 16.2. The summed E-state index contributed by atoms with van der Waals surface area (Å²) >= 11 is 0. The number of methoxy groups -OCH3 is 1. The van der Waals surface area contributed by atoms with E-state index >= 15 is 0 Å². The van der Waals surface area contributed by atoms with Crippen molar-refractivity contribution < 1.29 is 27.4 Å². The number of esters is 1. The number of allylic oxidation sites excluding steroid dienone is 1. The van der Waals surface area contributed by atoms with Gasteiger partial charge in [-0.3, -0.25) is 0 Å². The highest BCUT2D eigenvalue weighted by atomic mass is 19.4. The van der Waals surface area contributed by atoms with E-state index < -0.39 is 23.2 Å². The molecule has 3 atom stereocenters. The molecular weight excluding hydrogens is 381 g/mol. The van der Waals surface area contributed by atoms with Crippen molar-refractivity contribution in [3.8, 4) is 0 Å². The Hall–Kier alpha value is -2.60. The van der Waals surface area contributed by atoms with Gasteiger partial charge in [-0.05, 0) is 18.4 Å². The fourth-order valence-electron chi connectivity index (χ4n) is 4.19. The first-order valence-electron chi connectivity index (χ1n) is 9.32. The minimum absolute atomic E-state index is 0.0576. The van der Waals surface area contributed by atoms with E-state index in [0.29, 0.717) is 0 Å². The number of hydrogen-bond acceptors (Lipinski definition) is 3. The molecular formula is C23H23F3O3. The van der Waals surface area contributed by atoms with Crippen LogP contribution in [0.15, 0.2) is 72.3 Å². The summed E-state index contributed by atoms with van der Waals surface area (Å²) in [4.78, 5) is 12.9. The van der Waals surface area contributed by atoms with Crippen LogP contribution >= 0.6 is 0 Å². The van der Waals surface area contributed by atoms with Gasteiger partial charge in [0.25, 0.3) is 5.60 Å². The predicted octanol–water partition coefficient (Wildman–Crippen LogP) is 5.17. The molecule has 2 aromatic rings. The Bertz CT molecular complexity index is 893. The Labute approximate surface area is 168 Å². The van der Waals surface area contributed by atoms with Crippen molar-refractivity contribution in [2.75, 3.05) is 13.7 Å². The average Bonchev–Trinajstić information content (AvgIpc) is 3.31. The van der Waals surface area contributed by atoms with Crippen LogP contribution in [0.2, 0.25) is 0 Å². The average molecular weight is 404 g/mol. The van der Waals surface area contributed by atoms with Crippen LogP contribution in [-0.2, 0) is 25.3 Å². The molecule has 3 nitrogen and oxygen atoms in total. The second-order valence-electron chi connectivity index (χ2n) is 7.13. The molecule has 1 fully saturated rings. The van der Waals surface area contributed by atoms with Crippen LogP contribution in [0.3, 0.4) is 0 Å². The molecule has 0 bridgehead atoms. The van der Waals surface area contributed by atoms with E-state index in [1.54, 1.807) is 6.07 Å². The predicted molar refractivity (Wildman–Crippen MR) is 103 cm³/mol. The molecule has 6 heteroatoms. The lowest BCUT2D eigenvalue weighted by atomic mass is 9.91. The number of halogens is 3. The Morgan fingerprint density at radius 3 is 2.07 bits per heavy atom. The molecule has 0 unspecified atom stereocenters. The fourth-order valence-corrected chi connectivity index (χ4v) is 4.19. The Kier molecular flexibility index (Phi) is 5.59. The molecule has 0 saturated heterocycles. The Morgan fingerprint density at radius 2 is 1.62 bits per heavy atom. The molecule has 154 valence electrons. The van der Waals surface area contributed by atoms with Gasteiger partial charge in [-0.1, -0.05) is 79.2 Å². The number of ether oxygens (including phenoxy) is 2. The van der Waals surface area contributed by atoms with Gasteiger partial charge in [0.05, 0.1) is 5.41 Å². The smallest absolute Gasteiger partial charge is 0.432 e. The van der Waals surface area contributed by atoms with Crippen molar-refractivity contribution in [3.63, 3.8) is 0 Å². The number of carbonyl (C=O) groups excluding carboxylic acids is 1. The lowest BCUT2D eigenvalue weighted by Crippen LogP contribution is -2.52. The van der Waals surface area contributed by atoms with Gasteiger partial charge < -0.3 is 9.47 Å². The number of rotatable bonds is 6. The van der Waals surface area contributed by atoms with Gasteiger partial charge in [-0.25, -0.2) is 4.79 Å². The summed E-state index contributed by atoms with van der Waals surface area (Å²) in [6.07, 6.45) is -3.06. The van der Waals surface area contributed by atoms with E-state index in [1.807, 2.05) is 50.3 Å². The van der Waals surface area contributed by atoms with Crippen LogP contribution in [-0.4, -0.2) is 25.9 Å². The zero-order chi connectivity index (χ0) is 21.3. The molecule has 2 aromatic carbocycles. The molecule has 0 aliphatic heterocycles. The summed E-state index contributed by atoms with van der Waals surface area (Å²) in [5.41, 5.74) is -2.17. The highest BCUT2D eigenvalue weighted by molar-refractivity contribution is 5.83. The van der Waals surface area contributed by atoms with Gasteiger partial charge in [0, 0.05) is 12.7 Å². The Balaban J connectivity index is 1.95. The third kappa shape index (κ3) is 3.25. The van der Waals surface area contributed by atoms with E-state index in [0.717, 1.165) is 18.2 Å². The van der Waals surface area contributed by atoms with Gasteiger partial charge in [-0.2, -0.15) is 13.2 Å². The molecule has 0 spiro atoms. The summed E-state index contributed by atoms with van der Waals surface area (Å²) < 4.78 is 52.3. The lowest BCUT2D eigenvalue weighted by Gasteiger charge is -2.33. The minimum Gasteiger partial charge on any atom is -0.462 e. The quantitative estimate of drug-likeness (QED) is 0.492. The van der Waals surface area contributed by atoms with Gasteiger partial charge in [0.2, 0.25) is 0 Å². The summed E-state index contributed by atoms with van der Waals surface area (Å²) in [6.45, 7) is 3.66.